The van der Waals surface area contributed by atoms with Gasteiger partial charge < -0.3 is 4.74 Å². The van der Waals surface area contributed by atoms with Crippen molar-refractivity contribution >= 4 is 22.6 Å². The van der Waals surface area contributed by atoms with E-state index >= 15 is 0 Å². The molecule has 0 saturated heterocycles. The minimum atomic E-state index is 0.468. The number of carbonyl (C=O) groups is 1. The number of aldehydes is 1. The Kier molecular flexibility index (Phi) is 5.39. The molecule has 0 spiro atoms. The molecule has 2 aromatic rings. The third-order valence-corrected chi connectivity index (χ3v) is 3.87. The SMILES string of the molecule is CCCCCCCCOc1nc2sccn2c1C=O. The van der Waals surface area contributed by atoms with E-state index in [0.717, 1.165) is 17.7 Å². The Labute approximate surface area is 117 Å². The minimum absolute atomic E-state index is 0.468. The molecule has 104 valence electrons. The zero-order valence-corrected chi connectivity index (χ0v) is 12.1. The maximum Gasteiger partial charge on any atom is 0.244 e. The van der Waals surface area contributed by atoms with Gasteiger partial charge in [-0.05, 0) is 6.42 Å². The summed E-state index contributed by atoms with van der Waals surface area (Å²) in [5.74, 6) is 0.468. The number of imidazole rings is 1. The normalized spacial score (nSPS) is 11.0. The van der Waals surface area contributed by atoms with Crippen molar-refractivity contribution in [2.45, 2.75) is 45.4 Å². The van der Waals surface area contributed by atoms with E-state index < -0.39 is 0 Å². The van der Waals surface area contributed by atoms with Crippen LogP contribution in [0.3, 0.4) is 0 Å². The lowest BCUT2D eigenvalue weighted by atomic mass is 10.1. The van der Waals surface area contributed by atoms with E-state index in [1.54, 1.807) is 4.40 Å². The van der Waals surface area contributed by atoms with E-state index in [2.05, 4.69) is 11.9 Å². The van der Waals surface area contributed by atoms with E-state index in [4.69, 9.17) is 4.74 Å². The number of fused-ring (bicyclic) bond motifs is 1. The fraction of sp³-hybridized carbons (Fsp3) is 0.571. The molecule has 0 aromatic carbocycles. The van der Waals surface area contributed by atoms with Crippen LogP contribution < -0.4 is 4.74 Å². The molecule has 19 heavy (non-hydrogen) atoms. The van der Waals surface area contributed by atoms with Crippen molar-refractivity contribution in [2.24, 2.45) is 0 Å². The van der Waals surface area contributed by atoms with Crippen LogP contribution in [0.4, 0.5) is 0 Å². The van der Waals surface area contributed by atoms with E-state index in [9.17, 15) is 4.79 Å². The molecule has 0 radical (unpaired) electrons. The molecule has 4 nitrogen and oxygen atoms in total. The number of unbranched alkanes of at least 4 members (excludes halogenated alkanes) is 5. The number of thiazole rings is 1. The third-order valence-electron chi connectivity index (χ3n) is 3.11. The summed E-state index contributed by atoms with van der Waals surface area (Å²) in [4.78, 5) is 16.2. The second-order valence-corrected chi connectivity index (χ2v) is 5.46. The van der Waals surface area contributed by atoms with Crippen LogP contribution in [0.2, 0.25) is 0 Å². The summed E-state index contributed by atoms with van der Waals surface area (Å²) in [6.07, 6.45) is 9.99. The predicted octanol–water partition coefficient (Wildman–Crippen LogP) is 3.95. The highest BCUT2D eigenvalue weighted by molar-refractivity contribution is 7.15. The molecule has 5 heteroatoms. The van der Waals surface area contributed by atoms with Crippen molar-refractivity contribution in [3.05, 3.63) is 17.3 Å². The quantitative estimate of drug-likeness (QED) is 0.516. The van der Waals surface area contributed by atoms with E-state index in [-0.39, 0.29) is 0 Å². The van der Waals surface area contributed by atoms with Crippen molar-refractivity contribution in [1.82, 2.24) is 9.38 Å². The van der Waals surface area contributed by atoms with Gasteiger partial charge in [0.2, 0.25) is 5.88 Å². The van der Waals surface area contributed by atoms with Gasteiger partial charge in [-0.2, -0.15) is 4.98 Å². The standard InChI is InChI=1S/C14H20N2O2S/c1-2-3-4-5-6-7-9-18-13-12(11-17)16-8-10-19-14(16)15-13/h8,10-11H,2-7,9H2,1H3. The van der Waals surface area contributed by atoms with Gasteiger partial charge >= 0.3 is 0 Å². The summed E-state index contributed by atoms with van der Waals surface area (Å²) >= 11 is 1.50. The monoisotopic (exact) mass is 280 g/mol. The van der Waals surface area contributed by atoms with Gasteiger partial charge in [-0.3, -0.25) is 9.20 Å². The zero-order valence-electron chi connectivity index (χ0n) is 11.3. The molecule has 0 amide bonds. The molecule has 2 aromatic heterocycles. The Morgan fingerprint density at radius 2 is 2.11 bits per heavy atom. The topological polar surface area (TPSA) is 43.6 Å². The summed E-state index contributed by atoms with van der Waals surface area (Å²) in [7, 11) is 0. The van der Waals surface area contributed by atoms with Crippen LogP contribution in [0.15, 0.2) is 11.6 Å². The van der Waals surface area contributed by atoms with Crippen molar-refractivity contribution in [1.29, 1.82) is 0 Å². The van der Waals surface area contributed by atoms with Crippen LogP contribution in [-0.4, -0.2) is 22.3 Å². The summed E-state index contributed by atoms with van der Waals surface area (Å²) in [6, 6.07) is 0. The van der Waals surface area contributed by atoms with E-state index in [1.165, 1.54) is 43.4 Å². The summed E-state index contributed by atoms with van der Waals surface area (Å²) in [6.45, 7) is 2.85. The third kappa shape index (κ3) is 3.56. The number of ether oxygens (including phenoxy) is 1. The van der Waals surface area contributed by atoms with Gasteiger partial charge in [-0.15, -0.1) is 11.3 Å². The molecule has 0 atom stereocenters. The first-order chi connectivity index (χ1) is 9.36. The van der Waals surface area contributed by atoms with E-state index in [1.807, 2.05) is 11.6 Å². The number of nitrogens with zero attached hydrogens (tertiary/aromatic N) is 2. The number of aromatic nitrogens is 2. The van der Waals surface area contributed by atoms with Crippen LogP contribution in [0.1, 0.15) is 55.9 Å². The fourth-order valence-electron chi connectivity index (χ4n) is 2.05. The second-order valence-electron chi connectivity index (χ2n) is 4.59. The summed E-state index contributed by atoms with van der Waals surface area (Å²) in [5.41, 5.74) is 0.516. The molecule has 0 aliphatic rings. The smallest absolute Gasteiger partial charge is 0.244 e. The van der Waals surface area contributed by atoms with Crippen molar-refractivity contribution < 1.29 is 9.53 Å². The van der Waals surface area contributed by atoms with Gasteiger partial charge in [0.15, 0.2) is 16.9 Å². The van der Waals surface area contributed by atoms with Gasteiger partial charge in [0.25, 0.3) is 0 Å². The Balaban J connectivity index is 1.78. The van der Waals surface area contributed by atoms with Gasteiger partial charge in [0.05, 0.1) is 6.61 Å². The zero-order chi connectivity index (χ0) is 13.5. The van der Waals surface area contributed by atoms with Gasteiger partial charge in [0, 0.05) is 11.6 Å². The lowest BCUT2D eigenvalue weighted by Gasteiger charge is -2.03. The highest BCUT2D eigenvalue weighted by Crippen LogP contribution is 2.22. The average molecular weight is 280 g/mol. The Morgan fingerprint density at radius 3 is 2.89 bits per heavy atom. The first-order valence-corrected chi connectivity index (χ1v) is 7.78. The van der Waals surface area contributed by atoms with Crippen molar-refractivity contribution in [3.8, 4) is 5.88 Å². The highest BCUT2D eigenvalue weighted by atomic mass is 32.1. The molecule has 0 N–H and O–H groups in total. The Hall–Kier alpha value is -1.36. The second kappa shape index (κ2) is 7.28. The first-order valence-electron chi connectivity index (χ1n) is 6.90. The maximum atomic E-state index is 11.1. The molecule has 0 unspecified atom stereocenters. The van der Waals surface area contributed by atoms with Crippen LogP contribution in [0.25, 0.3) is 4.96 Å². The number of rotatable bonds is 9. The Morgan fingerprint density at radius 1 is 1.32 bits per heavy atom. The molecular formula is C14H20N2O2S. The van der Waals surface area contributed by atoms with Crippen molar-refractivity contribution in [3.63, 3.8) is 0 Å². The maximum absolute atomic E-state index is 11.1. The molecule has 0 saturated carbocycles. The molecule has 0 fully saturated rings. The number of hydrogen-bond acceptors (Lipinski definition) is 4. The van der Waals surface area contributed by atoms with Gasteiger partial charge in [-0.25, -0.2) is 0 Å². The van der Waals surface area contributed by atoms with Crippen molar-refractivity contribution in [2.75, 3.05) is 6.61 Å². The Bertz CT molecular complexity index is 518. The van der Waals surface area contributed by atoms with Crippen LogP contribution in [0.5, 0.6) is 5.88 Å². The summed E-state index contributed by atoms with van der Waals surface area (Å²) < 4.78 is 7.39. The van der Waals surface area contributed by atoms with E-state index in [0.29, 0.717) is 18.2 Å². The largest absolute Gasteiger partial charge is 0.476 e. The van der Waals surface area contributed by atoms with Gasteiger partial charge in [0.1, 0.15) is 0 Å². The first kappa shape index (κ1) is 14.1. The lowest BCUT2D eigenvalue weighted by Crippen LogP contribution is -2.00. The number of hydrogen-bond donors (Lipinski definition) is 0. The molecule has 2 heterocycles. The lowest BCUT2D eigenvalue weighted by molar-refractivity contribution is 0.111. The molecular weight excluding hydrogens is 260 g/mol. The van der Waals surface area contributed by atoms with Crippen LogP contribution >= 0.6 is 11.3 Å². The minimum Gasteiger partial charge on any atom is -0.476 e. The molecule has 2 rings (SSSR count). The molecule has 0 aliphatic heterocycles. The molecule has 0 aliphatic carbocycles. The predicted molar refractivity (Wildman–Crippen MR) is 77.3 cm³/mol. The molecule has 0 bridgehead atoms. The summed E-state index contributed by atoms with van der Waals surface area (Å²) in [5, 5.41) is 1.91. The van der Waals surface area contributed by atoms with Crippen LogP contribution in [-0.2, 0) is 0 Å². The highest BCUT2D eigenvalue weighted by Gasteiger charge is 2.13. The van der Waals surface area contributed by atoms with Gasteiger partial charge in [-0.1, -0.05) is 39.0 Å². The van der Waals surface area contributed by atoms with Crippen LogP contribution in [0, 0.1) is 0 Å². The average Bonchev–Trinajstić information content (AvgIpc) is 2.97. The fourth-order valence-corrected chi connectivity index (χ4v) is 2.76. The number of carbonyl (C=O) groups excluding carboxylic acids is 1.